The molecule has 2 aromatic carbocycles. The first-order chi connectivity index (χ1) is 12.3. The fourth-order valence-corrected chi connectivity index (χ4v) is 4.83. The molecule has 1 aliphatic heterocycles. The number of carboxylic acid groups (broad SMARTS) is 1. The van der Waals surface area contributed by atoms with Crippen LogP contribution in [0.15, 0.2) is 36.1 Å². The topological polar surface area (TPSA) is 84.9 Å². The fourth-order valence-electron chi connectivity index (χ4n) is 2.36. The molecule has 0 spiro atoms. The van der Waals surface area contributed by atoms with E-state index in [2.05, 4.69) is 69.0 Å². The van der Waals surface area contributed by atoms with Crippen molar-refractivity contribution in [1.82, 2.24) is 0 Å². The van der Waals surface area contributed by atoms with Gasteiger partial charge in [-0.1, -0.05) is 0 Å². The number of benzene rings is 2. The summed E-state index contributed by atoms with van der Waals surface area (Å²) in [7, 11) is 0. The third-order valence-electron chi connectivity index (χ3n) is 3.51. The molecule has 1 aliphatic rings. The monoisotopic (exact) mass is 611 g/mol. The smallest absolute Gasteiger partial charge is 0.337 e. The van der Waals surface area contributed by atoms with Crippen molar-refractivity contribution in [1.29, 1.82) is 0 Å². The Balaban J connectivity index is 2.02. The molecular weight excluding hydrogens is 606 g/mol. The van der Waals surface area contributed by atoms with Crippen LogP contribution < -0.4 is 14.8 Å². The van der Waals surface area contributed by atoms with Gasteiger partial charge in [0.05, 0.1) is 11.1 Å². The van der Waals surface area contributed by atoms with Crippen LogP contribution in [0.4, 0.5) is 5.69 Å². The Morgan fingerprint density at radius 2 is 1.46 bits per heavy atom. The molecule has 6 nitrogen and oxygen atoms in total. The summed E-state index contributed by atoms with van der Waals surface area (Å²) in [5.74, 6) is -0.710. The van der Waals surface area contributed by atoms with E-state index in [1.807, 2.05) is 0 Å². The summed E-state index contributed by atoms with van der Waals surface area (Å²) in [6.07, 6.45) is 0. The van der Waals surface area contributed by atoms with E-state index in [0.29, 0.717) is 43.8 Å². The van der Waals surface area contributed by atoms with Gasteiger partial charge >= 0.3 is 5.97 Å². The number of hydrogen-bond acceptors (Lipinski definition) is 4. The molecule has 0 atom stereocenters. The number of nitrogens with one attached hydrogen (secondary N) is 1. The molecule has 0 fully saturated rings. The summed E-state index contributed by atoms with van der Waals surface area (Å²) in [4.78, 5) is 24.5. The summed E-state index contributed by atoms with van der Waals surface area (Å²) in [5.41, 5.74) is 0.272. The Morgan fingerprint density at radius 1 is 0.885 bits per heavy atom. The van der Waals surface area contributed by atoms with E-state index in [9.17, 15) is 14.7 Å². The molecule has 0 saturated heterocycles. The summed E-state index contributed by atoms with van der Waals surface area (Å²) < 4.78 is 12.5. The molecule has 0 aromatic heterocycles. The van der Waals surface area contributed by atoms with E-state index in [4.69, 9.17) is 9.47 Å². The normalized spacial score (nSPS) is 12.6. The van der Waals surface area contributed by atoms with Crippen LogP contribution in [-0.2, 0) is 0 Å². The largest absolute Gasteiger partial charge is 0.486 e. The zero-order valence-corrected chi connectivity index (χ0v) is 19.1. The molecule has 0 saturated carbocycles. The van der Waals surface area contributed by atoms with E-state index in [-0.39, 0.29) is 15.6 Å². The highest BCUT2D eigenvalue weighted by Gasteiger charge is 2.28. The summed E-state index contributed by atoms with van der Waals surface area (Å²) in [5, 5.41) is 12.2. The Hall–Kier alpha value is -1.10. The lowest BCUT2D eigenvalue weighted by molar-refractivity contribution is 0.0691. The van der Waals surface area contributed by atoms with Crippen LogP contribution in [0.2, 0.25) is 0 Å². The summed E-state index contributed by atoms with van der Waals surface area (Å²) in [6, 6.07) is 4.97. The van der Waals surface area contributed by atoms with Crippen molar-refractivity contribution in [2.45, 2.75) is 0 Å². The molecule has 2 aromatic rings. The number of fused-ring (bicyclic) bond motifs is 1. The van der Waals surface area contributed by atoms with Gasteiger partial charge in [-0.2, -0.15) is 0 Å². The number of carbonyl (C=O) groups is 2. The second kappa shape index (κ2) is 7.87. The first-order valence-electron chi connectivity index (χ1n) is 7.11. The van der Waals surface area contributed by atoms with Gasteiger partial charge in [-0.3, -0.25) is 4.79 Å². The van der Waals surface area contributed by atoms with Crippen LogP contribution in [0.5, 0.6) is 11.5 Å². The lowest BCUT2D eigenvalue weighted by atomic mass is 10.1. The number of halogens is 4. The number of amides is 1. The quantitative estimate of drug-likeness (QED) is 0.355. The van der Waals surface area contributed by atoms with Crippen molar-refractivity contribution in [3.05, 3.63) is 47.2 Å². The maximum absolute atomic E-state index is 12.8. The van der Waals surface area contributed by atoms with Gasteiger partial charge in [-0.25, -0.2) is 4.79 Å². The first-order valence-corrected chi connectivity index (χ1v) is 10.3. The van der Waals surface area contributed by atoms with Crippen LogP contribution in [0.25, 0.3) is 0 Å². The second-order valence-electron chi connectivity index (χ2n) is 5.12. The van der Waals surface area contributed by atoms with Gasteiger partial charge < -0.3 is 19.9 Å². The van der Waals surface area contributed by atoms with Gasteiger partial charge in [0.25, 0.3) is 5.91 Å². The molecule has 1 amide bonds. The van der Waals surface area contributed by atoms with E-state index < -0.39 is 11.9 Å². The lowest BCUT2D eigenvalue weighted by Crippen LogP contribution is -2.19. The van der Waals surface area contributed by atoms with Gasteiger partial charge in [-0.05, 0) is 75.9 Å². The molecular formula is C16H9Br4NO5. The average Bonchev–Trinajstić information content (AvgIpc) is 2.62. The van der Waals surface area contributed by atoms with Crippen molar-refractivity contribution in [2.75, 3.05) is 18.5 Å². The molecule has 136 valence electrons. The standard InChI is InChI=1S/C16H9Br4NO5/c17-11-9(10(16(23)24)12(18)14(20)13(11)19)15(22)21-6-1-2-7-8(5-6)26-4-3-25-7/h1-2,5H,3-4H2,(H,21,22)(H,23,24). The first kappa shape index (κ1) is 19.7. The zero-order chi connectivity index (χ0) is 19.0. The van der Waals surface area contributed by atoms with E-state index in [1.165, 1.54) is 0 Å². The van der Waals surface area contributed by atoms with Crippen LogP contribution in [-0.4, -0.2) is 30.2 Å². The molecule has 1 heterocycles. The lowest BCUT2D eigenvalue weighted by Gasteiger charge is -2.19. The molecule has 0 aliphatic carbocycles. The van der Waals surface area contributed by atoms with Gasteiger partial charge in [0.2, 0.25) is 0 Å². The van der Waals surface area contributed by atoms with Crippen molar-refractivity contribution in [2.24, 2.45) is 0 Å². The fraction of sp³-hybridized carbons (Fsp3) is 0.125. The second-order valence-corrected chi connectivity index (χ2v) is 8.30. The minimum absolute atomic E-state index is 0.0191. The highest BCUT2D eigenvalue weighted by molar-refractivity contribution is 9.15. The maximum Gasteiger partial charge on any atom is 0.337 e. The molecule has 0 bridgehead atoms. The van der Waals surface area contributed by atoms with Crippen molar-refractivity contribution >= 4 is 81.3 Å². The van der Waals surface area contributed by atoms with Crippen LogP contribution in [0.3, 0.4) is 0 Å². The summed E-state index contributed by atoms with van der Waals surface area (Å²) in [6.45, 7) is 0.889. The van der Waals surface area contributed by atoms with Crippen LogP contribution in [0, 0.1) is 0 Å². The minimum atomic E-state index is -1.24. The van der Waals surface area contributed by atoms with E-state index in [1.54, 1.807) is 18.2 Å². The number of carbonyl (C=O) groups excluding carboxylic acids is 1. The minimum Gasteiger partial charge on any atom is -0.486 e. The van der Waals surface area contributed by atoms with Gasteiger partial charge in [0.1, 0.15) is 13.2 Å². The number of anilines is 1. The Bertz CT molecular complexity index is 932. The SMILES string of the molecule is O=C(O)c1c(Br)c(Br)c(Br)c(Br)c1C(=O)Nc1ccc2c(c1)OCCO2. The zero-order valence-electron chi connectivity index (χ0n) is 12.7. The van der Waals surface area contributed by atoms with Gasteiger partial charge in [0.15, 0.2) is 11.5 Å². The van der Waals surface area contributed by atoms with E-state index >= 15 is 0 Å². The molecule has 26 heavy (non-hydrogen) atoms. The number of ether oxygens (including phenoxy) is 2. The Labute approximate surface area is 181 Å². The molecule has 10 heteroatoms. The van der Waals surface area contributed by atoms with Crippen molar-refractivity contribution in [3.63, 3.8) is 0 Å². The third kappa shape index (κ3) is 3.64. The highest BCUT2D eigenvalue weighted by Crippen LogP contribution is 2.42. The Kier molecular flexibility index (Phi) is 5.95. The van der Waals surface area contributed by atoms with Gasteiger partial charge in [0, 0.05) is 29.6 Å². The number of aromatic carboxylic acids is 1. The Morgan fingerprint density at radius 3 is 2.08 bits per heavy atom. The molecule has 3 rings (SSSR count). The predicted octanol–water partition coefficient (Wildman–Crippen LogP) is 5.46. The van der Waals surface area contributed by atoms with Crippen molar-refractivity contribution in [3.8, 4) is 11.5 Å². The predicted molar refractivity (Wildman–Crippen MR) is 110 cm³/mol. The van der Waals surface area contributed by atoms with Crippen LogP contribution >= 0.6 is 63.7 Å². The average molecular weight is 615 g/mol. The number of rotatable bonds is 3. The molecule has 2 N–H and O–H groups in total. The van der Waals surface area contributed by atoms with E-state index in [0.717, 1.165) is 0 Å². The molecule has 0 radical (unpaired) electrons. The summed E-state index contributed by atoms with van der Waals surface area (Å²) >= 11 is 13.1. The number of carboxylic acids is 1. The van der Waals surface area contributed by atoms with Crippen LogP contribution in [0.1, 0.15) is 20.7 Å². The highest BCUT2D eigenvalue weighted by atomic mass is 79.9. The van der Waals surface area contributed by atoms with Crippen molar-refractivity contribution < 1.29 is 24.2 Å². The molecule has 0 unspecified atom stereocenters. The number of hydrogen-bond donors (Lipinski definition) is 2. The van der Waals surface area contributed by atoms with Gasteiger partial charge in [-0.15, -0.1) is 0 Å². The third-order valence-corrected chi connectivity index (χ3v) is 8.28. The maximum atomic E-state index is 12.8.